The lowest BCUT2D eigenvalue weighted by Gasteiger charge is -2.18. The molecule has 0 spiro atoms. The van der Waals surface area contributed by atoms with E-state index in [0.717, 1.165) is 25.1 Å². The molecule has 0 aliphatic carbocycles. The third-order valence-electron chi connectivity index (χ3n) is 3.42. The molecule has 1 aliphatic rings. The van der Waals surface area contributed by atoms with Crippen molar-refractivity contribution in [2.45, 2.75) is 25.0 Å². The minimum atomic E-state index is -0.910. The standard InChI is InChI=1S/C14H20N2O2S/c1-10(19(2)18)9-16-14(17)12-5-6-13-11(8-12)4-3-7-15-13/h5-6,8,10,15H,3-4,7,9H2,1-2H3,(H,16,17). The fraction of sp³-hybridized carbons (Fsp3) is 0.500. The molecule has 1 aliphatic heterocycles. The number of carbonyl (C=O) groups excluding carboxylic acids is 1. The Balaban J connectivity index is 2.01. The van der Waals surface area contributed by atoms with Crippen LogP contribution in [0.25, 0.3) is 0 Å². The van der Waals surface area contributed by atoms with Gasteiger partial charge in [-0.15, -0.1) is 0 Å². The predicted molar refractivity (Wildman–Crippen MR) is 79.1 cm³/mol. The Hall–Kier alpha value is -1.36. The molecule has 2 atom stereocenters. The van der Waals surface area contributed by atoms with Crippen molar-refractivity contribution in [1.29, 1.82) is 0 Å². The summed E-state index contributed by atoms with van der Waals surface area (Å²) in [6.07, 6.45) is 3.77. The average molecular weight is 280 g/mol. The van der Waals surface area contributed by atoms with Gasteiger partial charge in [0.25, 0.3) is 5.91 Å². The first kappa shape index (κ1) is 14.1. The fourth-order valence-electron chi connectivity index (χ4n) is 2.07. The lowest BCUT2D eigenvalue weighted by atomic mass is 10.0. The van der Waals surface area contributed by atoms with Crippen LogP contribution in [-0.2, 0) is 17.2 Å². The third-order valence-corrected chi connectivity index (χ3v) is 4.72. The molecule has 4 nitrogen and oxygen atoms in total. The van der Waals surface area contributed by atoms with Crippen LogP contribution in [-0.4, -0.2) is 34.7 Å². The van der Waals surface area contributed by atoms with Crippen molar-refractivity contribution in [3.63, 3.8) is 0 Å². The number of hydrogen-bond acceptors (Lipinski definition) is 3. The second-order valence-electron chi connectivity index (χ2n) is 4.92. The molecular formula is C14H20N2O2S. The zero-order chi connectivity index (χ0) is 13.8. The molecule has 19 heavy (non-hydrogen) atoms. The van der Waals surface area contributed by atoms with Crippen LogP contribution in [0, 0.1) is 0 Å². The first-order chi connectivity index (χ1) is 9.08. The Kier molecular flexibility index (Phi) is 4.58. The SMILES string of the molecule is CC(CNC(=O)c1ccc2c(c1)CCCN2)S(C)=O. The molecule has 104 valence electrons. The molecule has 1 aromatic carbocycles. The summed E-state index contributed by atoms with van der Waals surface area (Å²) < 4.78 is 11.2. The van der Waals surface area contributed by atoms with E-state index in [9.17, 15) is 9.00 Å². The number of anilines is 1. The van der Waals surface area contributed by atoms with Crippen LogP contribution < -0.4 is 10.6 Å². The smallest absolute Gasteiger partial charge is 0.251 e. The maximum atomic E-state index is 12.0. The highest BCUT2D eigenvalue weighted by atomic mass is 32.2. The topological polar surface area (TPSA) is 58.2 Å². The van der Waals surface area contributed by atoms with Crippen LogP contribution >= 0.6 is 0 Å². The van der Waals surface area contributed by atoms with Gasteiger partial charge in [-0.25, -0.2) is 0 Å². The Morgan fingerprint density at radius 1 is 1.53 bits per heavy atom. The maximum Gasteiger partial charge on any atom is 0.251 e. The van der Waals surface area contributed by atoms with Crippen molar-refractivity contribution in [1.82, 2.24) is 5.32 Å². The summed E-state index contributed by atoms with van der Waals surface area (Å²) in [5, 5.41) is 6.13. The summed E-state index contributed by atoms with van der Waals surface area (Å²) in [5.74, 6) is -0.0920. The van der Waals surface area contributed by atoms with Crippen LogP contribution in [0.3, 0.4) is 0 Å². The van der Waals surface area contributed by atoms with Gasteiger partial charge in [0.15, 0.2) is 0 Å². The molecule has 0 aromatic heterocycles. The van der Waals surface area contributed by atoms with Crippen LogP contribution in [0.1, 0.15) is 29.3 Å². The zero-order valence-corrected chi connectivity index (χ0v) is 12.2. The number of hydrogen-bond donors (Lipinski definition) is 2. The lowest BCUT2D eigenvalue weighted by Crippen LogP contribution is -2.32. The number of fused-ring (bicyclic) bond motifs is 1. The summed E-state index contributed by atoms with van der Waals surface area (Å²) in [6, 6.07) is 5.75. The summed E-state index contributed by atoms with van der Waals surface area (Å²) in [6.45, 7) is 3.31. The van der Waals surface area contributed by atoms with Crippen molar-refractivity contribution in [2.75, 3.05) is 24.7 Å². The Morgan fingerprint density at radius 2 is 2.32 bits per heavy atom. The van der Waals surface area contributed by atoms with Crippen molar-refractivity contribution in [3.05, 3.63) is 29.3 Å². The van der Waals surface area contributed by atoms with E-state index in [1.54, 1.807) is 6.26 Å². The maximum absolute atomic E-state index is 12.0. The normalized spacial score (nSPS) is 16.9. The first-order valence-corrected chi connectivity index (χ1v) is 8.17. The van der Waals surface area contributed by atoms with Gasteiger partial charge in [0.1, 0.15) is 0 Å². The third kappa shape index (κ3) is 3.56. The Bertz CT molecular complexity index is 502. The minimum Gasteiger partial charge on any atom is -0.385 e. The molecule has 1 amide bonds. The highest BCUT2D eigenvalue weighted by Gasteiger charge is 2.13. The molecule has 0 saturated heterocycles. The van der Waals surface area contributed by atoms with E-state index < -0.39 is 10.8 Å². The van der Waals surface area contributed by atoms with Crippen molar-refractivity contribution < 1.29 is 9.00 Å². The van der Waals surface area contributed by atoms with E-state index >= 15 is 0 Å². The second-order valence-corrected chi connectivity index (χ2v) is 6.72. The van der Waals surface area contributed by atoms with Crippen molar-refractivity contribution >= 4 is 22.4 Å². The molecule has 5 heteroatoms. The summed E-state index contributed by atoms with van der Waals surface area (Å²) in [5.41, 5.74) is 3.01. The monoisotopic (exact) mass is 280 g/mol. The van der Waals surface area contributed by atoms with Crippen LogP contribution in [0.4, 0.5) is 5.69 Å². The number of rotatable bonds is 4. The van der Waals surface area contributed by atoms with E-state index in [1.807, 2.05) is 25.1 Å². The molecule has 1 heterocycles. The van der Waals surface area contributed by atoms with Gasteiger partial charge < -0.3 is 10.6 Å². The molecular weight excluding hydrogens is 260 g/mol. The van der Waals surface area contributed by atoms with E-state index in [4.69, 9.17) is 0 Å². The Labute approximate surface area is 116 Å². The number of nitrogens with one attached hydrogen (secondary N) is 2. The first-order valence-electron chi connectivity index (χ1n) is 6.55. The summed E-state index contributed by atoms with van der Waals surface area (Å²) in [7, 11) is -0.910. The van der Waals surface area contributed by atoms with Gasteiger partial charge in [0.05, 0.1) is 0 Å². The number of amides is 1. The van der Waals surface area contributed by atoms with Gasteiger partial charge in [0.2, 0.25) is 0 Å². The molecule has 2 rings (SSSR count). The molecule has 0 bridgehead atoms. The van der Waals surface area contributed by atoms with Gasteiger partial charge in [-0.2, -0.15) is 0 Å². The minimum absolute atomic E-state index is 0.0248. The zero-order valence-electron chi connectivity index (χ0n) is 11.4. The van der Waals surface area contributed by atoms with E-state index in [1.165, 1.54) is 5.56 Å². The molecule has 0 radical (unpaired) electrons. The molecule has 2 unspecified atom stereocenters. The van der Waals surface area contributed by atoms with Gasteiger partial charge in [-0.3, -0.25) is 9.00 Å². The van der Waals surface area contributed by atoms with Gasteiger partial charge in [-0.05, 0) is 43.5 Å². The van der Waals surface area contributed by atoms with Gasteiger partial charge in [0, 0.05) is 46.6 Å². The van der Waals surface area contributed by atoms with Crippen LogP contribution in [0.15, 0.2) is 18.2 Å². The number of carbonyl (C=O) groups is 1. The fourth-order valence-corrected chi connectivity index (χ4v) is 2.39. The molecule has 0 fully saturated rings. The van der Waals surface area contributed by atoms with E-state index in [2.05, 4.69) is 10.6 Å². The van der Waals surface area contributed by atoms with Crippen LogP contribution in [0.5, 0.6) is 0 Å². The largest absolute Gasteiger partial charge is 0.385 e. The second kappa shape index (κ2) is 6.19. The molecule has 1 aromatic rings. The van der Waals surface area contributed by atoms with E-state index in [-0.39, 0.29) is 11.2 Å². The molecule has 0 saturated carbocycles. The Morgan fingerprint density at radius 3 is 3.05 bits per heavy atom. The van der Waals surface area contributed by atoms with Gasteiger partial charge in [-0.1, -0.05) is 0 Å². The van der Waals surface area contributed by atoms with Crippen molar-refractivity contribution in [3.8, 4) is 0 Å². The van der Waals surface area contributed by atoms with Crippen molar-refractivity contribution in [2.24, 2.45) is 0 Å². The van der Waals surface area contributed by atoms with Crippen LogP contribution in [0.2, 0.25) is 0 Å². The quantitative estimate of drug-likeness (QED) is 0.879. The number of benzene rings is 1. The molecule has 2 N–H and O–H groups in total. The highest BCUT2D eigenvalue weighted by molar-refractivity contribution is 7.84. The predicted octanol–water partition coefficient (Wildman–Crippen LogP) is 1.54. The lowest BCUT2D eigenvalue weighted by molar-refractivity contribution is 0.0954. The van der Waals surface area contributed by atoms with E-state index in [0.29, 0.717) is 12.1 Å². The average Bonchev–Trinajstić information content (AvgIpc) is 2.43. The summed E-state index contributed by atoms with van der Waals surface area (Å²) >= 11 is 0. The van der Waals surface area contributed by atoms with Gasteiger partial charge >= 0.3 is 0 Å². The summed E-state index contributed by atoms with van der Waals surface area (Å²) in [4.78, 5) is 12.0. The number of aryl methyl sites for hydroxylation is 1. The highest BCUT2D eigenvalue weighted by Crippen LogP contribution is 2.22.